The van der Waals surface area contributed by atoms with Crippen LogP contribution >= 0.6 is 0 Å². The van der Waals surface area contributed by atoms with Gasteiger partial charge in [0.2, 0.25) is 0 Å². The van der Waals surface area contributed by atoms with Crippen molar-refractivity contribution in [2.75, 3.05) is 20.7 Å². The highest BCUT2D eigenvalue weighted by Crippen LogP contribution is 2.09. The molecule has 0 aliphatic heterocycles. The predicted octanol–water partition coefficient (Wildman–Crippen LogP) is 1.70. The summed E-state index contributed by atoms with van der Waals surface area (Å²) < 4.78 is 4.92. The molecule has 0 saturated heterocycles. The van der Waals surface area contributed by atoms with Crippen LogP contribution in [0.3, 0.4) is 0 Å². The molecule has 0 saturated carbocycles. The van der Waals surface area contributed by atoms with Crippen LogP contribution in [0.2, 0.25) is 0 Å². The van der Waals surface area contributed by atoms with Crippen molar-refractivity contribution in [3.05, 3.63) is 24.0 Å². The maximum absolute atomic E-state index is 4.92. The zero-order chi connectivity index (χ0) is 8.69. The van der Waals surface area contributed by atoms with Crippen LogP contribution < -0.4 is 5.32 Å². The first-order valence-electron chi connectivity index (χ1n) is 3.80. The van der Waals surface area contributed by atoms with E-state index >= 15 is 0 Å². The second kappa shape index (κ2) is 5.98. The van der Waals surface area contributed by atoms with Crippen LogP contribution in [-0.2, 0) is 4.74 Å². The van der Waals surface area contributed by atoms with Gasteiger partial charge < -0.3 is 10.1 Å². The van der Waals surface area contributed by atoms with E-state index < -0.39 is 0 Å². The summed E-state index contributed by atoms with van der Waals surface area (Å²) >= 11 is 0. The molecule has 0 bridgehead atoms. The quantitative estimate of drug-likeness (QED) is 0.482. The van der Waals surface area contributed by atoms with Gasteiger partial charge in [-0.2, -0.15) is 0 Å². The van der Waals surface area contributed by atoms with Crippen LogP contribution in [0.25, 0.3) is 0 Å². The van der Waals surface area contributed by atoms with Crippen molar-refractivity contribution in [2.24, 2.45) is 0 Å². The first kappa shape index (κ1) is 10.2. The lowest BCUT2D eigenvalue weighted by molar-refractivity contribution is 0.333. The van der Waals surface area contributed by atoms with Crippen molar-refractivity contribution in [1.82, 2.24) is 5.32 Å². The molecular formula is C9H17NO. The van der Waals surface area contributed by atoms with Crippen molar-refractivity contribution in [2.45, 2.75) is 13.3 Å². The Morgan fingerprint density at radius 2 is 2.27 bits per heavy atom. The van der Waals surface area contributed by atoms with E-state index in [-0.39, 0.29) is 0 Å². The summed E-state index contributed by atoms with van der Waals surface area (Å²) in [4.78, 5) is 0. The van der Waals surface area contributed by atoms with E-state index in [1.54, 1.807) is 13.4 Å². The number of likely N-dealkylation sites (N-methyl/N-ethyl adjacent to an activating group) is 1. The third kappa shape index (κ3) is 3.83. The number of ether oxygens (including phenoxy) is 1. The Balaban J connectivity index is 4.09. The lowest BCUT2D eigenvalue weighted by atomic mass is 10.1. The van der Waals surface area contributed by atoms with E-state index in [1.807, 2.05) is 7.05 Å². The minimum Gasteiger partial charge on any atom is -0.504 e. The highest BCUT2D eigenvalue weighted by Gasteiger charge is 1.98. The molecule has 0 fully saturated rings. The lowest BCUT2D eigenvalue weighted by Crippen LogP contribution is -2.11. The molecule has 0 radical (unpaired) electrons. The molecule has 0 aliphatic rings. The van der Waals surface area contributed by atoms with Crippen LogP contribution in [0.5, 0.6) is 0 Å². The first-order valence-corrected chi connectivity index (χ1v) is 3.80. The van der Waals surface area contributed by atoms with Crippen molar-refractivity contribution in [3.8, 4) is 0 Å². The summed E-state index contributed by atoms with van der Waals surface area (Å²) in [5.41, 5.74) is 2.26. The number of hydrogen-bond acceptors (Lipinski definition) is 2. The highest BCUT2D eigenvalue weighted by molar-refractivity contribution is 5.27. The van der Waals surface area contributed by atoms with Crippen molar-refractivity contribution < 1.29 is 4.74 Å². The number of hydrogen-bond donors (Lipinski definition) is 1. The summed E-state index contributed by atoms with van der Waals surface area (Å²) in [6, 6.07) is 0. The fraction of sp³-hybridized carbons (Fsp3) is 0.556. The third-order valence-electron chi connectivity index (χ3n) is 1.51. The third-order valence-corrected chi connectivity index (χ3v) is 1.51. The highest BCUT2D eigenvalue weighted by atomic mass is 16.5. The van der Waals surface area contributed by atoms with E-state index in [1.165, 1.54) is 0 Å². The van der Waals surface area contributed by atoms with Crippen LogP contribution in [0.15, 0.2) is 24.0 Å². The predicted molar refractivity (Wildman–Crippen MR) is 48.4 cm³/mol. The maximum Gasteiger partial charge on any atom is 0.0872 e. The molecule has 1 N–H and O–H groups in total. The molecule has 0 spiro atoms. The Labute approximate surface area is 68.9 Å². The molecule has 0 heterocycles. The molecule has 0 unspecified atom stereocenters. The van der Waals surface area contributed by atoms with Gasteiger partial charge in [0.15, 0.2) is 0 Å². The average molecular weight is 155 g/mol. The molecule has 2 nitrogen and oxygen atoms in total. The molecule has 0 aromatic rings. The van der Waals surface area contributed by atoms with Gasteiger partial charge in [0, 0.05) is 12.1 Å². The van der Waals surface area contributed by atoms with Gasteiger partial charge in [0.25, 0.3) is 0 Å². The molecular weight excluding hydrogens is 138 g/mol. The minimum atomic E-state index is 0.820. The van der Waals surface area contributed by atoms with Gasteiger partial charge in [0.1, 0.15) is 0 Å². The molecule has 0 amide bonds. The summed E-state index contributed by atoms with van der Waals surface area (Å²) in [6.07, 6.45) is 2.71. The molecule has 0 aliphatic carbocycles. The zero-order valence-corrected chi connectivity index (χ0v) is 7.61. The SMILES string of the molecule is C=C(CC)/C(=C\OC)CNC. The van der Waals surface area contributed by atoms with Crippen LogP contribution in [-0.4, -0.2) is 20.7 Å². The summed E-state index contributed by atoms with van der Waals surface area (Å²) in [6.45, 7) is 6.83. The summed E-state index contributed by atoms with van der Waals surface area (Å²) in [5.74, 6) is 0. The van der Waals surface area contributed by atoms with Gasteiger partial charge in [0.05, 0.1) is 13.4 Å². The van der Waals surface area contributed by atoms with Gasteiger partial charge in [-0.25, -0.2) is 0 Å². The average Bonchev–Trinajstić information content (AvgIpc) is 2.03. The van der Waals surface area contributed by atoms with E-state index in [0.29, 0.717) is 0 Å². The van der Waals surface area contributed by atoms with Gasteiger partial charge in [-0.3, -0.25) is 0 Å². The largest absolute Gasteiger partial charge is 0.504 e. The molecule has 0 rings (SSSR count). The number of nitrogens with one attached hydrogen (secondary N) is 1. The Bertz CT molecular complexity index is 150. The van der Waals surface area contributed by atoms with Crippen molar-refractivity contribution >= 4 is 0 Å². The Morgan fingerprint density at radius 3 is 2.64 bits per heavy atom. The summed E-state index contributed by atoms with van der Waals surface area (Å²) in [7, 11) is 3.56. The van der Waals surface area contributed by atoms with Gasteiger partial charge in [-0.1, -0.05) is 13.5 Å². The fourth-order valence-corrected chi connectivity index (χ4v) is 0.810. The Morgan fingerprint density at radius 1 is 1.64 bits per heavy atom. The topological polar surface area (TPSA) is 21.3 Å². The van der Waals surface area contributed by atoms with Crippen molar-refractivity contribution in [1.29, 1.82) is 0 Å². The molecule has 2 heteroatoms. The smallest absolute Gasteiger partial charge is 0.0872 e. The number of methoxy groups -OCH3 is 1. The van der Waals surface area contributed by atoms with Gasteiger partial charge in [-0.15, -0.1) is 0 Å². The van der Waals surface area contributed by atoms with E-state index in [2.05, 4.69) is 18.8 Å². The fourth-order valence-electron chi connectivity index (χ4n) is 0.810. The van der Waals surface area contributed by atoms with Crippen molar-refractivity contribution in [3.63, 3.8) is 0 Å². The first-order chi connectivity index (χ1) is 5.26. The molecule has 0 aromatic heterocycles. The van der Waals surface area contributed by atoms with Crippen LogP contribution in [0.1, 0.15) is 13.3 Å². The Kier molecular flexibility index (Phi) is 5.57. The van der Waals surface area contributed by atoms with E-state index in [9.17, 15) is 0 Å². The Hall–Kier alpha value is -0.760. The van der Waals surface area contributed by atoms with Crippen LogP contribution in [0.4, 0.5) is 0 Å². The molecule has 64 valence electrons. The van der Waals surface area contributed by atoms with Gasteiger partial charge in [-0.05, 0) is 19.0 Å². The normalized spacial score (nSPS) is 11.4. The second-order valence-electron chi connectivity index (χ2n) is 2.37. The summed E-state index contributed by atoms with van der Waals surface area (Å²) in [5, 5.41) is 3.06. The molecule has 11 heavy (non-hydrogen) atoms. The van der Waals surface area contributed by atoms with Gasteiger partial charge >= 0.3 is 0 Å². The molecule has 0 atom stereocenters. The minimum absolute atomic E-state index is 0.820. The standard InChI is InChI=1S/C9H17NO/c1-5-8(2)9(6-10-3)7-11-4/h7,10H,2,5-6H2,1,3-4H3/b9-7-. The number of rotatable bonds is 5. The van der Waals surface area contributed by atoms with E-state index in [0.717, 1.165) is 24.1 Å². The van der Waals surface area contributed by atoms with E-state index in [4.69, 9.17) is 4.74 Å². The van der Waals surface area contributed by atoms with Crippen LogP contribution in [0, 0.1) is 0 Å². The second-order valence-corrected chi connectivity index (χ2v) is 2.37. The monoisotopic (exact) mass is 155 g/mol. The zero-order valence-electron chi connectivity index (χ0n) is 7.61. The molecule has 0 aromatic carbocycles. The maximum atomic E-state index is 4.92. The lowest BCUT2D eigenvalue weighted by Gasteiger charge is -2.07.